The normalized spacial score (nSPS) is 17.2. The molecule has 2 rings (SSSR count). The topological polar surface area (TPSA) is 83.9 Å². The molecule has 6 heteroatoms. The maximum atomic E-state index is 12.7. The Morgan fingerprint density at radius 1 is 1.25 bits per heavy atom. The standard InChI is InChI=1S/C18H23NO5/c1-4-24-17(23)14-9-12-7-5-6-8-13(12)10-19(14)16(22)15(21)18(2,3)11-20/h5-8,14,20H,4,9-11H2,1-3H3. The third-order valence-electron chi connectivity index (χ3n) is 4.27. The molecule has 1 unspecified atom stereocenters. The van der Waals surface area contributed by atoms with Gasteiger partial charge in [-0.15, -0.1) is 0 Å². The SMILES string of the molecule is CCOC(=O)C1Cc2ccccc2CN1C(=O)C(=O)C(C)(C)CO. The molecule has 1 amide bonds. The third kappa shape index (κ3) is 3.48. The molecule has 1 aliphatic rings. The quantitative estimate of drug-likeness (QED) is 0.644. The number of benzene rings is 1. The summed E-state index contributed by atoms with van der Waals surface area (Å²) in [7, 11) is 0. The van der Waals surface area contributed by atoms with E-state index in [0.29, 0.717) is 6.42 Å². The molecule has 0 aliphatic carbocycles. The Morgan fingerprint density at radius 3 is 2.46 bits per heavy atom. The monoisotopic (exact) mass is 333 g/mol. The predicted molar refractivity (Wildman–Crippen MR) is 87.0 cm³/mol. The Hall–Kier alpha value is -2.21. The highest BCUT2D eigenvalue weighted by Crippen LogP contribution is 2.26. The zero-order chi connectivity index (χ0) is 17.9. The highest BCUT2D eigenvalue weighted by Gasteiger charge is 2.42. The largest absolute Gasteiger partial charge is 0.464 e. The van der Waals surface area contributed by atoms with Gasteiger partial charge in [0, 0.05) is 13.0 Å². The fourth-order valence-corrected chi connectivity index (χ4v) is 2.68. The van der Waals surface area contributed by atoms with Crippen LogP contribution in [0.25, 0.3) is 0 Å². The number of rotatable bonds is 5. The van der Waals surface area contributed by atoms with Crippen LogP contribution in [0.2, 0.25) is 0 Å². The average Bonchev–Trinajstić information content (AvgIpc) is 2.59. The molecule has 0 aromatic heterocycles. The van der Waals surface area contributed by atoms with E-state index in [1.165, 1.54) is 18.7 Å². The lowest BCUT2D eigenvalue weighted by Crippen LogP contribution is -2.53. The van der Waals surface area contributed by atoms with Crippen molar-refractivity contribution in [3.8, 4) is 0 Å². The van der Waals surface area contributed by atoms with Gasteiger partial charge in [0.05, 0.1) is 18.6 Å². The van der Waals surface area contributed by atoms with Gasteiger partial charge >= 0.3 is 5.97 Å². The summed E-state index contributed by atoms with van der Waals surface area (Å²) in [6, 6.07) is 6.68. The number of hydrogen-bond acceptors (Lipinski definition) is 5. The molecule has 0 radical (unpaired) electrons. The van der Waals surface area contributed by atoms with Crippen LogP contribution < -0.4 is 0 Å². The van der Waals surface area contributed by atoms with Crippen LogP contribution >= 0.6 is 0 Å². The number of hydrogen-bond donors (Lipinski definition) is 1. The van der Waals surface area contributed by atoms with Gasteiger partial charge in [0.25, 0.3) is 5.91 Å². The summed E-state index contributed by atoms with van der Waals surface area (Å²) in [5.41, 5.74) is 0.683. The lowest BCUT2D eigenvalue weighted by Gasteiger charge is -2.36. The molecule has 0 saturated carbocycles. The van der Waals surface area contributed by atoms with E-state index in [-0.39, 0.29) is 13.2 Å². The van der Waals surface area contributed by atoms with Gasteiger partial charge in [0.15, 0.2) is 0 Å². The van der Waals surface area contributed by atoms with E-state index in [4.69, 9.17) is 4.74 Å². The Morgan fingerprint density at radius 2 is 1.88 bits per heavy atom. The van der Waals surface area contributed by atoms with E-state index in [9.17, 15) is 19.5 Å². The van der Waals surface area contributed by atoms with E-state index < -0.39 is 35.7 Å². The van der Waals surface area contributed by atoms with Crippen LogP contribution in [0.3, 0.4) is 0 Å². The molecule has 0 fully saturated rings. The highest BCUT2D eigenvalue weighted by molar-refractivity contribution is 6.38. The number of aliphatic hydroxyl groups excluding tert-OH is 1. The Labute approximate surface area is 141 Å². The van der Waals surface area contributed by atoms with Gasteiger partial charge in [-0.3, -0.25) is 9.59 Å². The first-order valence-corrected chi connectivity index (χ1v) is 8.01. The lowest BCUT2D eigenvalue weighted by molar-refractivity contribution is -0.160. The molecule has 1 atom stereocenters. The molecule has 1 N–H and O–H groups in total. The van der Waals surface area contributed by atoms with Crippen molar-refractivity contribution in [2.45, 2.75) is 39.8 Å². The highest BCUT2D eigenvalue weighted by atomic mass is 16.5. The predicted octanol–water partition coefficient (Wildman–Crippen LogP) is 1.09. The number of ether oxygens (including phenoxy) is 1. The number of amides is 1. The van der Waals surface area contributed by atoms with Gasteiger partial charge in [0.2, 0.25) is 5.78 Å². The van der Waals surface area contributed by atoms with Gasteiger partial charge in [-0.1, -0.05) is 38.1 Å². The summed E-state index contributed by atoms with van der Waals surface area (Å²) < 4.78 is 5.07. The van der Waals surface area contributed by atoms with Crippen molar-refractivity contribution >= 4 is 17.7 Å². The zero-order valence-electron chi connectivity index (χ0n) is 14.2. The number of aliphatic hydroxyl groups is 1. The number of Topliss-reactive ketones (excluding diaryl/α,β-unsaturated/α-hetero) is 1. The molecule has 0 spiro atoms. The molecular weight excluding hydrogens is 310 g/mol. The summed E-state index contributed by atoms with van der Waals surface area (Å²) in [5, 5.41) is 9.35. The minimum absolute atomic E-state index is 0.172. The van der Waals surface area contributed by atoms with Crippen LogP contribution in [-0.2, 0) is 32.1 Å². The summed E-state index contributed by atoms with van der Waals surface area (Å²) in [4.78, 5) is 38.7. The van der Waals surface area contributed by atoms with E-state index in [1.807, 2.05) is 24.3 Å². The Bertz CT molecular complexity index is 653. The molecule has 0 saturated heterocycles. The maximum absolute atomic E-state index is 12.7. The molecule has 0 bridgehead atoms. The second kappa shape index (κ2) is 7.13. The first-order valence-electron chi connectivity index (χ1n) is 8.01. The van der Waals surface area contributed by atoms with Crippen molar-refractivity contribution in [1.29, 1.82) is 0 Å². The minimum Gasteiger partial charge on any atom is -0.464 e. The van der Waals surface area contributed by atoms with Crippen molar-refractivity contribution in [3.63, 3.8) is 0 Å². The fourth-order valence-electron chi connectivity index (χ4n) is 2.68. The van der Waals surface area contributed by atoms with Crippen molar-refractivity contribution in [2.75, 3.05) is 13.2 Å². The van der Waals surface area contributed by atoms with Crippen molar-refractivity contribution in [3.05, 3.63) is 35.4 Å². The second-order valence-corrected chi connectivity index (χ2v) is 6.54. The van der Waals surface area contributed by atoms with E-state index in [2.05, 4.69) is 0 Å². The average molecular weight is 333 g/mol. The van der Waals surface area contributed by atoms with Gasteiger partial charge in [-0.05, 0) is 18.1 Å². The number of ketones is 1. The van der Waals surface area contributed by atoms with Gasteiger partial charge in [0.1, 0.15) is 6.04 Å². The number of nitrogens with zero attached hydrogens (tertiary/aromatic N) is 1. The summed E-state index contributed by atoms with van der Waals surface area (Å²) in [5.74, 6) is -1.99. The van der Waals surface area contributed by atoms with Crippen molar-refractivity contribution in [2.24, 2.45) is 5.41 Å². The molecule has 1 aromatic rings. The van der Waals surface area contributed by atoms with Crippen LogP contribution in [0, 0.1) is 5.41 Å². The molecule has 130 valence electrons. The molecular formula is C18H23NO5. The minimum atomic E-state index is -1.19. The molecule has 1 aromatic carbocycles. The Balaban J connectivity index is 2.35. The van der Waals surface area contributed by atoms with Crippen LogP contribution in [-0.4, -0.2) is 46.9 Å². The molecule has 6 nitrogen and oxygen atoms in total. The third-order valence-corrected chi connectivity index (χ3v) is 4.27. The van der Waals surface area contributed by atoms with Crippen LogP contribution in [0.5, 0.6) is 0 Å². The van der Waals surface area contributed by atoms with Gasteiger partial charge < -0.3 is 14.7 Å². The smallest absolute Gasteiger partial charge is 0.329 e. The summed E-state index contributed by atoms with van der Waals surface area (Å²) >= 11 is 0. The van der Waals surface area contributed by atoms with Crippen LogP contribution in [0.4, 0.5) is 0 Å². The van der Waals surface area contributed by atoms with Crippen molar-refractivity contribution in [1.82, 2.24) is 4.90 Å². The molecule has 1 heterocycles. The summed E-state index contributed by atoms with van der Waals surface area (Å²) in [6.45, 7) is 4.64. The lowest BCUT2D eigenvalue weighted by atomic mass is 9.86. The van der Waals surface area contributed by atoms with E-state index in [1.54, 1.807) is 6.92 Å². The fraction of sp³-hybridized carbons (Fsp3) is 0.500. The number of carbonyl (C=O) groups is 3. The van der Waals surface area contributed by atoms with E-state index in [0.717, 1.165) is 11.1 Å². The summed E-state index contributed by atoms with van der Waals surface area (Å²) in [6.07, 6.45) is 0.313. The second-order valence-electron chi connectivity index (χ2n) is 6.54. The maximum Gasteiger partial charge on any atom is 0.329 e. The Kier molecular flexibility index (Phi) is 5.39. The zero-order valence-corrected chi connectivity index (χ0v) is 14.2. The van der Waals surface area contributed by atoms with Crippen LogP contribution in [0.15, 0.2) is 24.3 Å². The van der Waals surface area contributed by atoms with Gasteiger partial charge in [-0.25, -0.2) is 4.79 Å². The van der Waals surface area contributed by atoms with Gasteiger partial charge in [-0.2, -0.15) is 0 Å². The number of fused-ring (bicyclic) bond motifs is 1. The van der Waals surface area contributed by atoms with Crippen LogP contribution in [0.1, 0.15) is 31.9 Å². The first-order chi connectivity index (χ1) is 11.3. The number of carbonyl (C=O) groups excluding carboxylic acids is 3. The van der Waals surface area contributed by atoms with Crippen molar-refractivity contribution < 1.29 is 24.2 Å². The molecule has 1 aliphatic heterocycles. The number of esters is 1. The molecule has 24 heavy (non-hydrogen) atoms. The van der Waals surface area contributed by atoms with E-state index >= 15 is 0 Å². The first kappa shape index (κ1) is 18.1.